The van der Waals surface area contributed by atoms with Gasteiger partial charge in [0, 0.05) is 7.05 Å². The summed E-state index contributed by atoms with van der Waals surface area (Å²) in [6.45, 7) is 0. The zero-order chi connectivity index (χ0) is 12.3. The van der Waals surface area contributed by atoms with E-state index in [1.165, 1.54) is 17.9 Å². The summed E-state index contributed by atoms with van der Waals surface area (Å²) < 4.78 is 1.45. The van der Waals surface area contributed by atoms with Gasteiger partial charge in [0.1, 0.15) is 0 Å². The number of carbonyl (C=O) groups is 1. The summed E-state index contributed by atoms with van der Waals surface area (Å²) in [7, 11) is 1.53. The second kappa shape index (κ2) is 4.45. The molecule has 0 saturated heterocycles. The second-order valence-corrected chi connectivity index (χ2v) is 3.29. The van der Waals surface area contributed by atoms with E-state index in [4.69, 9.17) is 5.26 Å². The van der Waals surface area contributed by atoms with Crippen molar-refractivity contribution in [2.24, 2.45) is 0 Å². The molecule has 6 nitrogen and oxygen atoms in total. The summed E-state index contributed by atoms with van der Waals surface area (Å²) in [5, 5.41) is 18.8. The van der Waals surface area contributed by atoms with E-state index < -0.39 is 0 Å². The molecule has 0 unspecified atom stereocenters. The molecule has 1 heterocycles. The molecule has 0 aliphatic carbocycles. The van der Waals surface area contributed by atoms with Gasteiger partial charge in [-0.15, -0.1) is 5.10 Å². The molecule has 2 rings (SSSR count). The molecular formula is C11H9N5O. The fourth-order valence-electron chi connectivity index (χ4n) is 1.34. The molecule has 17 heavy (non-hydrogen) atoms. The lowest BCUT2D eigenvalue weighted by atomic mass is 10.2. The molecule has 1 N–H and O–H groups in total. The van der Waals surface area contributed by atoms with Crippen molar-refractivity contribution in [3.8, 4) is 11.8 Å². The molecule has 1 aromatic carbocycles. The van der Waals surface area contributed by atoms with Crippen LogP contribution in [-0.2, 0) is 0 Å². The smallest absolute Gasteiger partial charge is 0.273 e. The SMILES string of the molecule is CNC(=O)c1cn(-c2cccc(C#N)c2)nn1. The van der Waals surface area contributed by atoms with Gasteiger partial charge < -0.3 is 5.32 Å². The summed E-state index contributed by atoms with van der Waals surface area (Å²) in [4.78, 5) is 11.3. The monoisotopic (exact) mass is 227 g/mol. The van der Waals surface area contributed by atoms with Crippen molar-refractivity contribution in [2.75, 3.05) is 7.05 Å². The molecule has 0 bridgehead atoms. The Bertz CT molecular complexity index is 596. The van der Waals surface area contributed by atoms with E-state index in [-0.39, 0.29) is 11.6 Å². The van der Waals surface area contributed by atoms with Crippen molar-refractivity contribution >= 4 is 5.91 Å². The molecule has 0 aliphatic rings. The molecule has 6 heteroatoms. The van der Waals surface area contributed by atoms with Crippen molar-refractivity contribution in [3.05, 3.63) is 41.7 Å². The van der Waals surface area contributed by atoms with Crippen LogP contribution in [0.25, 0.3) is 5.69 Å². The van der Waals surface area contributed by atoms with Crippen molar-refractivity contribution < 1.29 is 4.79 Å². The molecule has 0 spiro atoms. The minimum Gasteiger partial charge on any atom is -0.354 e. The maximum atomic E-state index is 11.3. The molecule has 84 valence electrons. The summed E-state index contributed by atoms with van der Waals surface area (Å²) in [5.74, 6) is -0.298. The predicted octanol–water partition coefficient (Wildman–Crippen LogP) is 0.499. The van der Waals surface area contributed by atoms with Gasteiger partial charge in [-0.05, 0) is 18.2 Å². The van der Waals surface area contributed by atoms with Gasteiger partial charge in [0.05, 0.1) is 23.5 Å². The number of hydrogen-bond acceptors (Lipinski definition) is 4. The first-order valence-electron chi connectivity index (χ1n) is 4.89. The number of rotatable bonds is 2. The van der Waals surface area contributed by atoms with Crippen LogP contribution < -0.4 is 5.32 Å². The normalized spacial score (nSPS) is 9.65. The topological polar surface area (TPSA) is 83.6 Å². The lowest BCUT2D eigenvalue weighted by Gasteiger charge is -1.99. The molecular weight excluding hydrogens is 218 g/mol. The first kappa shape index (κ1) is 10.8. The summed E-state index contributed by atoms with van der Waals surface area (Å²) in [6.07, 6.45) is 1.51. The highest BCUT2D eigenvalue weighted by atomic mass is 16.1. The van der Waals surface area contributed by atoms with Crippen LogP contribution in [0.2, 0.25) is 0 Å². The van der Waals surface area contributed by atoms with Crippen LogP contribution in [0.5, 0.6) is 0 Å². The molecule has 1 aromatic heterocycles. The first-order valence-corrected chi connectivity index (χ1v) is 4.89. The van der Waals surface area contributed by atoms with Gasteiger partial charge in [-0.25, -0.2) is 4.68 Å². The molecule has 0 saturated carbocycles. The summed E-state index contributed by atoms with van der Waals surface area (Å²) in [5.41, 5.74) is 1.45. The summed E-state index contributed by atoms with van der Waals surface area (Å²) in [6, 6.07) is 8.93. The van der Waals surface area contributed by atoms with E-state index in [2.05, 4.69) is 15.6 Å². The van der Waals surface area contributed by atoms with Crippen LogP contribution >= 0.6 is 0 Å². The number of benzene rings is 1. The van der Waals surface area contributed by atoms with Crippen LogP contribution in [0.4, 0.5) is 0 Å². The van der Waals surface area contributed by atoms with Crippen molar-refractivity contribution in [3.63, 3.8) is 0 Å². The van der Waals surface area contributed by atoms with Gasteiger partial charge in [0.15, 0.2) is 5.69 Å². The fraction of sp³-hybridized carbons (Fsp3) is 0.0909. The highest BCUT2D eigenvalue weighted by molar-refractivity contribution is 5.91. The maximum Gasteiger partial charge on any atom is 0.273 e. The number of nitrogens with one attached hydrogen (secondary N) is 1. The lowest BCUT2D eigenvalue weighted by molar-refractivity contribution is 0.0958. The number of carbonyl (C=O) groups excluding carboxylic acids is 1. The Morgan fingerprint density at radius 1 is 1.53 bits per heavy atom. The Morgan fingerprint density at radius 3 is 3.06 bits per heavy atom. The van der Waals surface area contributed by atoms with E-state index in [0.717, 1.165) is 0 Å². The van der Waals surface area contributed by atoms with Crippen LogP contribution in [0.3, 0.4) is 0 Å². The Labute approximate surface area is 97.5 Å². The van der Waals surface area contributed by atoms with Gasteiger partial charge in [-0.1, -0.05) is 11.3 Å². The van der Waals surface area contributed by atoms with Crippen molar-refractivity contribution in [1.82, 2.24) is 20.3 Å². The first-order chi connectivity index (χ1) is 8.24. The van der Waals surface area contributed by atoms with E-state index in [0.29, 0.717) is 11.3 Å². The minimum atomic E-state index is -0.298. The quantitative estimate of drug-likeness (QED) is 0.809. The Hall–Kier alpha value is -2.68. The Morgan fingerprint density at radius 2 is 2.35 bits per heavy atom. The van der Waals surface area contributed by atoms with Crippen LogP contribution in [0.15, 0.2) is 30.5 Å². The van der Waals surface area contributed by atoms with Gasteiger partial charge in [0.2, 0.25) is 0 Å². The number of nitrogens with zero attached hydrogens (tertiary/aromatic N) is 4. The number of hydrogen-bond donors (Lipinski definition) is 1. The average Bonchev–Trinajstić information content (AvgIpc) is 2.87. The molecule has 0 aliphatic heterocycles. The van der Waals surface area contributed by atoms with Gasteiger partial charge in [0.25, 0.3) is 5.91 Å². The fourth-order valence-corrected chi connectivity index (χ4v) is 1.34. The van der Waals surface area contributed by atoms with E-state index in [1.54, 1.807) is 24.3 Å². The van der Waals surface area contributed by atoms with Crippen LogP contribution in [0, 0.1) is 11.3 Å². The Kier molecular flexibility index (Phi) is 2.83. The van der Waals surface area contributed by atoms with Crippen molar-refractivity contribution in [2.45, 2.75) is 0 Å². The van der Waals surface area contributed by atoms with E-state index >= 15 is 0 Å². The highest BCUT2D eigenvalue weighted by Crippen LogP contribution is 2.09. The molecule has 0 atom stereocenters. The molecule has 1 amide bonds. The zero-order valence-electron chi connectivity index (χ0n) is 9.08. The van der Waals surface area contributed by atoms with Crippen LogP contribution in [-0.4, -0.2) is 27.9 Å². The van der Waals surface area contributed by atoms with Gasteiger partial charge >= 0.3 is 0 Å². The summed E-state index contributed by atoms with van der Waals surface area (Å²) >= 11 is 0. The third-order valence-corrected chi connectivity index (χ3v) is 2.19. The van der Waals surface area contributed by atoms with E-state index in [1.807, 2.05) is 6.07 Å². The largest absolute Gasteiger partial charge is 0.354 e. The lowest BCUT2D eigenvalue weighted by Crippen LogP contribution is -2.18. The van der Waals surface area contributed by atoms with Crippen LogP contribution in [0.1, 0.15) is 16.1 Å². The van der Waals surface area contributed by atoms with Gasteiger partial charge in [-0.3, -0.25) is 4.79 Å². The third-order valence-electron chi connectivity index (χ3n) is 2.19. The minimum absolute atomic E-state index is 0.231. The predicted molar refractivity (Wildman–Crippen MR) is 59.5 cm³/mol. The average molecular weight is 227 g/mol. The molecule has 0 fully saturated rings. The zero-order valence-corrected chi connectivity index (χ0v) is 9.08. The number of nitriles is 1. The van der Waals surface area contributed by atoms with Gasteiger partial charge in [-0.2, -0.15) is 5.26 Å². The number of aromatic nitrogens is 3. The Balaban J connectivity index is 2.37. The maximum absolute atomic E-state index is 11.3. The molecule has 2 aromatic rings. The second-order valence-electron chi connectivity index (χ2n) is 3.29. The van der Waals surface area contributed by atoms with Crippen molar-refractivity contribution in [1.29, 1.82) is 5.26 Å². The molecule has 0 radical (unpaired) electrons. The highest BCUT2D eigenvalue weighted by Gasteiger charge is 2.09. The standard InChI is InChI=1S/C11H9N5O/c1-13-11(17)10-7-16(15-14-10)9-4-2-3-8(5-9)6-12/h2-5,7H,1H3,(H,13,17). The third kappa shape index (κ3) is 2.13. The van der Waals surface area contributed by atoms with E-state index in [9.17, 15) is 4.79 Å². The number of amides is 1.